The summed E-state index contributed by atoms with van der Waals surface area (Å²) in [5, 5.41) is 0. The first-order valence-corrected chi connectivity index (χ1v) is 6.60. The summed E-state index contributed by atoms with van der Waals surface area (Å²) in [6, 6.07) is 1.89. The molecule has 2 unspecified atom stereocenters. The summed E-state index contributed by atoms with van der Waals surface area (Å²) < 4.78 is 6.41. The molecule has 0 bridgehead atoms. The van der Waals surface area contributed by atoms with Crippen molar-refractivity contribution in [3.63, 3.8) is 0 Å². The first-order chi connectivity index (χ1) is 8.11. The molecule has 2 heterocycles. The number of methoxy groups -OCH3 is 1. The highest BCUT2D eigenvalue weighted by atomic mass is 79.9. The van der Waals surface area contributed by atoms with Gasteiger partial charge in [-0.1, -0.05) is 6.92 Å². The van der Waals surface area contributed by atoms with Gasteiger partial charge in [0, 0.05) is 30.9 Å². The number of piperidine rings is 1. The van der Waals surface area contributed by atoms with Crippen LogP contribution in [0.25, 0.3) is 0 Å². The van der Waals surface area contributed by atoms with Crippen molar-refractivity contribution < 1.29 is 4.74 Å². The summed E-state index contributed by atoms with van der Waals surface area (Å²) in [6.07, 6.45) is 3.15. The lowest BCUT2D eigenvalue weighted by Gasteiger charge is -2.37. The Bertz CT molecular complexity index is 399. The van der Waals surface area contributed by atoms with Crippen molar-refractivity contribution in [1.82, 2.24) is 4.98 Å². The van der Waals surface area contributed by atoms with Crippen LogP contribution in [0.2, 0.25) is 0 Å². The van der Waals surface area contributed by atoms with Crippen molar-refractivity contribution in [2.45, 2.75) is 19.4 Å². The number of nitrogens with zero attached hydrogens (tertiary/aromatic N) is 2. The maximum absolute atomic E-state index is 6.00. The van der Waals surface area contributed by atoms with Crippen LogP contribution < -0.4 is 10.6 Å². The van der Waals surface area contributed by atoms with Gasteiger partial charge in [0.15, 0.2) is 5.82 Å². The molecule has 0 amide bonds. The molecule has 1 saturated heterocycles. The fraction of sp³-hybridized carbons (Fsp3) is 0.583. The van der Waals surface area contributed by atoms with Crippen LogP contribution >= 0.6 is 15.9 Å². The minimum absolute atomic E-state index is 0.258. The topological polar surface area (TPSA) is 51.4 Å². The molecular weight excluding hydrogens is 282 g/mol. The molecule has 17 heavy (non-hydrogen) atoms. The molecule has 1 aliphatic rings. The van der Waals surface area contributed by atoms with Gasteiger partial charge in [0.2, 0.25) is 0 Å². The molecule has 0 saturated carbocycles. The molecule has 4 nitrogen and oxygen atoms in total. The monoisotopic (exact) mass is 299 g/mol. The second kappa shape index (κ2) is 5.23. The number of ether oxygens (including phenoxy) is 1. The second-order valence-electron chi connectivity index (χ2n) is 4.55. The van der Waals surface area contributed by atoms with Crippen LogP contribution in [-0.2, 0) is 4.74 Å². The number of hydrogen-bond donors (Lipinski definition) is 1. The van der Waals surface area contributed by atoms with Gasteiger partial charge in [-0.15, -0.1) is 0 Å². The molecule has 2 atom stereocenters. The molecule has 1 aliphatic heterocycles. The van der Waals surface area contributed by atoms with Crippen molar-refractivity contribution in [3.05, 3.63) is 16.7 Å². The number of nitrogens with two attached hydrogens (primary N) is 1. The summed E-state index contributed by atoms with van der Waals surface area (Å²) in [5.74, 6) is 1.45. The third-order valence-electron chi connectivity index (χ3n) is 3.35. The van der Waals surface area contributed by atoms with Crippen LogP contribution in [0, 0.1) is 5.92 Å². The van der Waals surface area contributed by atoms with Gasteiger partial charge in [0.05, 0.1) is 11.8 Å². The number of aromatic nitrogens is 1. The van der Waals surface area contributed by atoms with Gasteiger partial charge in [-0.05, 0) is 34.3 Å². The SMILES string of the molecule is COC1CN(c2ncc(Br)cc2N)CCC1C. The first-order valence-electron chi connectivity index (χ1n) is 5.80. The third kappa shape index (κ3) is 2.72. The van der Waals surface area contributed by atoms with E-state index in [2.05, 4.69) is 32.7 Å². The largest absolute Gasteiger partial charge is 0.396 e. The molecule has 0 aliphatic carbocycles. The Morgan fingerprint density at radius 2 is 2.35 bits per heavy atom. The van der Waals surface area contributed by atoms with Gasteiger partial charge >= 0.3 is 0 Å². The van der Waals surface area contributed by atoms with E-state index in [1.54, 1.807) is 13.3 Å². The number of pyridine rings is 1. The number of anilines is 2. The van der Waals surface area contributed by atoms with E-state index >= 15 is 0 Å². The molecule has 0 radical (unpaired) electrons. The fourth-order valence-electron chi connectivity index (χ4n) is 2.24. The average molecular weight is 300 g/mol. The molecule has 94 valence electrons. The van der Waals surface area contributed by atoms with Gasteiger partial charge < -0.3 is 15.4 Å². The lowest BCUT2D eigenvalue weighted by atomic mass is 9.96. The number of rotatable bonds is 2. The zero-order chi connectivity index (χ0) is 12.4. The van der Waals surface area contributed by atoms with Gasteiger partial charge in [0.1, 0.15) is 0 Å². The summed E-state index contributed by atoms with van der Waals surface area (Å²) in [7, 11) is 1.77. The molecule has 5 heteroatoms. The van der Waals surface area contributed by atoms with Gasteiger partial charge in [-0.2, -0.15) is 0 Å². The summed E-state index contributed by atoms with van der Waals surface area (Å²) >= 11 is 3.37. The zero-order valence-corrected chi connectivity index (χ0v) is 11.8. The quantitative estimate of drug-likeness (QED) is 0.910. The van der Waals surface area contributed by atoms with Crippen LogP contribution in [0.15, 0.2) is 16.7 Å². The smallest absolute Gasteiger partial charge is 0.151 e. The minimum atomic E-state index is 0.258. The summed E-state index contributed by atoms with van der Waals surface area (Å²) in [6.45, 7) is 4.07. The summed E-state index contributed by atoms with van der Waals surface area (Å²) in [4.78, 5) is 6.60. The number of nitrogen functional groups attached to an aromatic ring is 1. The Morgan fingerprint density at radius 3 is 3.00 bits per heavy atom. The van der Waals surface area contributed by atoms with Crippen molar-refractivity contribution in [2.24, 2.45) is 5.92 Å². The van der Waals surface area contributed by atoms with Crippen molar-refractivity contribution in [2.75, 3.05) is 30.8 Å². The average Bonchev–Trinajstić information content (AvgIpc) is 2.30. The van der Waals surface area contributed by atoms with Crippen LogP contribution in [0.1, 0.15) is 13.3 Å². The Morgan fingerprint density at radius 1 is 1.59 bits per heavy atom. The van der Waals surface area contributed by atoms with Gasteiger partial charge in [-0.3, -0.25) is 0 Å². The Kier molecular flexibility index (Phi) is 3.89. The fourth-order valence-corrected chi connectivity index (χ4v) is 2.59. The molecular formula is C12H18BrN3O. The molecule has 1 fully saturated rings. The van der Waals surface area contributed by atoms with E-state index in [9.17, 15) is 0 Å². The van der Waals surface area contributed by atoms with Crippen LogP contribution in [0.4, 0.5) is 11.5 Å². The minimum Gasteiger partial charge on any atom is -0.396 e. The van der Waals surface area contributed by atoms with E-state index in [4.69, 9.17) is 10.5 Å². The molecule has 0 aromatic carbocycles. The molecule has 1 aromatic heterocycles. The highest BCUT2D eigenvalue weighted by Gasteiger charge is 2.27. The van der Waals surface area contributed by atoms with E-state index in [1.165, 1.54) is 0 Å². The second-order valence-corrected chi connectivity index (χ2v) is 5.47. The van der Waals surface area contributed by atoms with Gasteiger partial charge in [0.25, 0.3) is 0 Å². The standard InChI is InChI=1S/C12H18BrN3O/c1-8-3-4-16(7-11(8)17-2)12-10(14)5-9(13)6-15-12/h5-6,8,11H,3-4,7,14H2,1-2H3. The maximum atomic E-state index is 6.00. The van der Waals surface area contributed by atoms with Crippen molar-refractivity contribution >= 4 is 27.4 Å². The lowest BCUT2D eigenvalue weighted by Crippen LogP contribution is -2.44. The Labute approximate surface area is 110 Å². The number of hydrogen-bond acceptors (Lipinski definition) is 4. The van der Waals surface area contributed by atoms with Crippen molar-refractivity contribution in [3.8, 4) is 0 Å². The predicted octanol–water partition coefficient (Wildman–Crippen LogP) is 2.29. The van der Waals surface area contributed by atoms with Gasteiger partial charge in [-0.25, -0.2) is 4.98 Å². The highest BCUT2D eigenvalue weighted by Crippen LogP contribution is 2.28. The van der Waals surface area contributed by atoms with E-state index in [-0.39, 0.29) is 6.10 Å². The first kappa shape index (κ1) is 12.6. The predicted molar refractivity (Wildman–Crippen MR) is 73.1 cm³/mol. The van der Waals surface area contributed by atoms with E-state index in [1.807, 2.05) is 6.07 Å². The molecule has 2 N–H and O–H groups in total. The zero-order valence-electron chi connectivity index (χ0n) is 10.2. The molecule has 1 aromatic rings. The Hall–Kier alpha value is -0.810. The van der Waals surface area contributed by atoms with E-state index < -0.39 is 0 Å². The van der Waals surface area contributed by atoms with Crippen LogP contribution in [-0.4, -0.2) is 31.3 Å². The van der Waals surface area contributed by atoms with E-state index in [0.29, 0.717) is 11.6 Å². The molecule has 0 spiro atoms. The normalized spacial score (nSPS) is 25.0. The van der Waals surface area contributed by atoms with Crippen LogP contribution in [0.5, 0.6) is 0 Å². The summed E-state index contributed by atoms with van der Waals surface area (Å²) in [5.41, 5.74) is 6.71. The highest BCUT2D eigenvalue weighted by molar-refractivity contribution is 9.10. The lowest BCUT2D eigenvalue weighted by molar-refractivity contribution is 0.0497. The third-order valence-corrected chi connectivity index (χ3v) is 3.79. The van der Waals surface area contributed by atoms with Crippen LogP contribution in [0.3, 0.4) is 0 Å². The van der Waals surface area contributed by atoms with E-state index in [0.717, 1.165) is 29.8 Å². The maximum Gasteiger partial charge on any atom is 0.151 e. The number of halogens is 1. The van der Waals surface area contributed by atoms with Crippen molar-refractivity contribution in [1.29, 1.82) is 0 Å². The molecule has 2 rings (SSSR count). The Balaban J connectivity index is 2.17.